The van der Waals surface area contributed by atoms with Crippen molar-refractivity contribution in [3.63, 3.8) is 0 Å². The van der Waals surface area contributed by atoms with Gasteiger partial charge in [-0.2, -0.15) is 0 Å². The van der Waals surface area contributed by atoms with Gasteiger partial charge in [-0.3, -0.25) is 14.4 Å². The third-order valence-corrected chi connectivity index (χ3v) is 7.11. The molecule has 2 saturated heterocycles. The van der Waals surface area contributed by atoms with E-state index in [-0.39, 0.29) is 30.2 Å². The fourth-order valence-corrected chi connectivity index (χ4v) is 5.98. The zero-order chi connectivity index (χ0) is 18.1. The van der Waals surface area contributed by atoms with Gasteiger partial charge in [0, 0.05) is 16.9 Å². The topological polar surface area (TPSA) is 82.8 Å². The van der Waals surface area contributed by atoms with Crippen LogP contribution in [0, 0.1) is 28.6 Å². The van der Waals surface area contributed by atoms with Crippen molar-refractivity contribution in [2.75, 3.05) is 6.61 Å². The Kier molecular flexibility index (Phi) is 3.10. The number of allylic oxidation sites excluding steroid dienone is 1. The van der Waals surface area contributed by atoms with E-state index in [1.807, 2.05) is 6.92 Å². The maximum atomic E-state index is 13.0. The highest BCUT2D eigenvalue weighted by Gasteiger charge is 2.68. The Bertz CT molecular complexity index is 823. The quantitative estimate of drug-likeness (QED) is 0.719. The van der Waals surface area contributed by atoms with Crippen LogP contribution in [0.2, 0.25) is 0 Å². The van der Waals surface area contributed by atoms with Crippen LogP contribution in [0.15, 0.2) is 35.2 Å². The first-order chi connectivity index (χ1) is 12.5. The third kappa shape index (κ3) is 1.85. The van der Waals surface area contributed by atoms with Gasteiger partial charge in [0.2, 0.25) is 0 Å². The molecular weight excluding hydrogens is 336 g/mol. The van der Waals surface area contributed by atoms with E-state index in [0.717, 1.165) is 5.56 Å². The number of carbonyl (C=O) groups is 3. The van der Waals surface area contributed by atoms with Gasteiger partial charge in [0.1, 0.15) is 6.10 Å². The molecule has 3 fully saturated rings. The maximum Gasteiger partial charge on any atom is 0.313 e. The summed E-state index contributed by atoms with van der Waals surface area (Å²) in [5.41, 5.74) is -0.317. The Morgan fingerprint density at radius 2 is 2.04 bits per heavy atom. The number of hydrogen-bond acceptors (Lipinski definition) is 6. The Labute approximate surface area is 150 Å². The number of ketones is 1. The zero-order valence-corrected chi connectivity index (χ0v) is 14.5. The van der Waals surface area contributed by atoms with Crippen molar-refractivity contribution in [1.82, 2.24) is 0 Å². The Balaban J connectivity index is 1.61. The molecule has 0 aromatic carbocycles. The minimum atomic E-state index is -0.580. The number of cyclic esters (lactones) is 2. The number of esters is 2. The standard InChI is InChI=1S/C20H20O6/c1-19-8-15(11-5-7-24-9-11)26-18(23)12(19)4-6-20-10-25-17(22)13(20)2-3-14(21)16(19)20/h2-3,5,7,9,12-13,15-16H,4,6,8,10H2,1H3/t12-,13+,15+,16-,19+,20-/m1/s1. The lowest BCUT2D eigenvalue weighted by Crippen LogP contribution is -2.60. The van der Waals surface area contributed by atoms with Crippen molar-refractivity contribution in [2.45, 2.75) is 32.3 Å². The average Bonchev–Trinajstić information content (AvgIpc) is 3.23. The Morgan fingerprint density at radius 3 is 2.81 bits per heavy atom. The first-order valence-electron chi connectivity index (χ1n) is 9.07. The Morgan fingerprint density at radius 1 is 1.19 bits per heavy atom. The lowest BCUT2D eigenvalue weighted by molar-refractivity contribution is -0.194. The van der Waals surface area contributed by atoms with E-state index < -0.39 is 28.8 Å². The number of ether oxygens (including phenoxy) is 2. The molecule has 0 bridgehead atoms. The smallest absolute Gasteiger partial charge is 0.313 e. The normalized spacial score (nSPS) is 44.0. The second kappa shape index (κ2) is 5.09. The van der Waals surface area contributed by atoms with Crippen LogP contribution < -0.4 is 0 Å². The summed E-state index contributed by atoms with van der Waals surface area (Å²) >= 11 is 0. The van der Waals surface area contributed by atoms with E-state index >= 15 is 0 Å². The van der Waals surface area contributed by atoms with Crippen LogP contribution in [0.4, 0.5) is 0 Å². The molecule has 0 radical (unpaired) electrons. The molecule has 0 amide bonds. The van der Waals surface area contributed by atoms with E-state index in [9.17, 15) is 14.4 Å². The molecule has 6 nitrogen and oxygen atoms in total. The van der Waals surface area contributed by atoms with Crippen LogP contribution >= 0.6 is 0 Å². The molecule has 3 heterocycles. The summed E-state index contributed by atoms with van der Waals surface area (Å²) in [5.74, 6) is -1.68. The highest BCUT2D eigenvalue weighted by Crippen LogP contribution is 2.65. The zero-order valence-electron chi connectivity index (χ0n) is 14.5. The number of rotatable bonds is 1. The van der Waals surface area contributed by atoms with Gasteiger partial charge in [-0.1, -0.05) is 13.0 Å². The molecule has 1 aromatic rings. The van der Waals surface area contributed by atoms with Gasteiger partial charge in [0.25, 0.3) is 0 Å². The second-order valence-corrected chi connectivity index (χ2v) is 8.30. The van der Waals surface area contributed by atoms with E-state index in [1.54, 1.807) is 24.7 Å². The van der Waals surface area contributed by atoms with E-state index in [2.05, 4.69) is 0 Å². The highest BCUT2D eigenvalue weighted by molar-refractivity contribution is 5.98. The molecule has 0 N–H and O–H groups in total. The predicted octanol–water partition coefficient (Wildman–Crippen LogP) is 2.60. The van der Waals surface area contributed by atoms with Gasteiger partial charge >= 0.3 is 11.9 Å². The van der Waals surface area contributed by atoms with Gasteiger partial charge in [-0.05, 0) is 36.8 Å². The molecule has 5 rings (SSSR count). The minimum absolute atomic E-state index is 0.00704. The molecule has 4 aliphatic rings. The molecule has 2 aliphatic heterocycles. The highest BCUT2D eigenvalue weighted by atomic mass is 16.5. The molecule has 1 aromatic heterocycles. The molecule has 2 aliphatic carbocycles. The van der Waals surface area contributed by atoms with Gasteiger partial charge in [-0.25, -0.2) is 0 Å². The average molecular weight is 356 g/mol. The predicted molar refractivity (Wildman–Crippen MR) is 87.5 cm³/mol. The van der Waals surface area contributed by atoms with E-state index in [0.29, 0.717) is 19.3 Å². The lowest BCUT2D eigenvalue weighted by Gasteiger charge is -2.57. The van der Waals surface area contributed by atoms with Gasteiger partial charge in [0.05, 0.1) is 31.0 Å². The first-order valence-corrected chi connectivity index (χ1v) is 9.07. The van der Waals surface area contributed by atoms with Crippen molar-refractivity contribution in [3.05, 3.63) is 36.3 Å². The molecule has 6 heteroatoms. The fourth-order valence-electron chi connectivity index (χ4n) is 5.98. The van der Waals surface area contributed by atoms with Gasteiger partial charge in [0.15, 0.2) is 5.78 Å². The molecule has 26 heavy (non-hydrogen) atoms. The summed E-state index contributed by atoms with van der Waals surface area (Å²) in [4.78, 5) is 38.1. The molecule has 0 unspecified atom stereocenters. The molecule has 1 saturated carbocycles. The summed E-state index contributed by atoms with van der Waals surface area (Å²) < 4.78 is 16.2. The van der Waals surface area contributed by atoms with Crippen LogP contribution in [0.3, 0.4) is 0 Å². The summed E-state index contributed by atoms with van der Waals surface area (Å²) in [6.45, 7) is 2.26. The lowest BCUT2D eigenvalue weighted by atomic mass is 9.44. The molecular formula is C20H20O6. The van der Waals surface area contributed by atoms with Gasteiger partial charge in [-0.15, -0.1) is 0 Å². The monoisotopic (exact) mass is 356 g/mol. The van der Waals surface area contributed by atoms with Crippen LogP contribution in [-0.4, -0.2) is 24.3 Å². The number of fused-ring (bicyclic) bond motifs is 2. The number of hydrogen-bond donors (Lipinski definition) is 0. The van der Waals surface area contributed by atoms with Crippen molar-refractivity contribution >= 4 is 17.7 Å². The third-order valence-electron chi connectivity index (χ3n) is 7.11. The number of furan rings is 1. The second-order valence-electron chi connectivity index (χ2n) is 8.30. The van der Waals surface area contributed by atoms with Crippen molar-refractivity contribution in [2.24, 2.45) is 28.6 Å². The largest absolute Gasteiger partial charge is 0.472 e. The van der Waals surface area contributed by atoms with Crippen molar-refractivity contribution in [1.29, 1.82) is 0 Å². The van der Waals surface area contributed by atoms with Crippen LogP contribution in [0.1, 0.15) is 37.9 Å². The summed E-state index contributed by atoms with van der Waals surface area (Å²) in [6.07, 6.45) is 7.67. The molecule has 136 valence electrons. The fraction of sp³-hybridized carbons (Fsp3) is 0.550. The maximum absolute atomic E-state index is 13.0. The summed E-state index contributed by atoms with van der Waals surface area (Å²) in [5, 5.41) is 0. The molecule has 1 spiro atoms. The van der Waals surface area contributed by atoms with E-state index in [4.69, 9.17) is 13.9 Å². The van der Waals surface area contributed by atoms with Crippen LogP contribution in [-0.2, 0) is 23.9 Å². The van der Waals surface area contributed by atoms with Crippen molar-refractivity contribution < 1.29 is 28.3 Å². The molecule has 6 atom stereocenters. The van der Waals surface area contributed by atoms with E-state index in [1.165, 1.54) is 6.08 Å². The van der Waals surface area contributed by atoms with Gasteiger partial charge < -0.3 is 13.9 Å². The first kappa shape index (κ1) is 15.9. The van der Waals surface area contributed by atoms with Crippen molar-refractivity contribution in [3.8, 4) is 0 Å². The number of carbonyl (C=O) groups excluding carboxylic acids is 3. The van der Waals surface area contributed by atoms with Crippen LogP contribution in [0.5, 0.6) is 0 Å². The Hall–Kier alpha value is -2.37. The minimum Gasteiger partial charge on any atom is -0.472 e. The SMILES string of the molecule is C[C@]12C[C@@H](c3ccoc3)OC(=O)[C@H]1CC[C@@]13COC(=O)[C@@H]1C=CC(=O)[C@H]23. The summed E-state index contributed by atoms with van der Waals surface area (Å²) in [6, 6.07) is 1.79. The van der Waals surface area contributed by atoms with Crippen LogP contribution in [0.25, 0.3) is 0 Å². The summed E-state index contributed by atoms with van der Waals surface area (Å²) in [7, 11) is 0.